The molecule has 158 valence electrons. The van der Waals surface area contributed by atoms with Crippen molar-refractivity contribution in [2.75, 3.05) is 11.9 Å². The third-order valence-corrected chi connectivity index (χ3v) is 9.06. The second kappa shape index (κ2) is 6.64. The van der Waals surface area contributed by atoms with Gasteiger partial charge in [-0.25, -0.2) is 4.39 Å². The topological polar surface area (TPSA) is 99.3 Å². The van der Waals surface area contributed by atoms with Crippen molar-refractivity contribution in [3.8, 4) is 0 Å². The summed E-state index contributed by atoms with van der Waals surface area (Å²) in [6, 6.07) is 5.30. The predicted octanol–water partition coefficient (Wildman–Crippen LogP) is 2.32. The normalized spacial score (nSPS) is 30.2. The Kier molecular flexibility index (Phi) is 4.07. The van der Waals surface area contributed by atoms with Crippen LogP contribution >= 0.6 is 23.1 Å². The van der Waals surface area contributed by atoms with Crippen LogP contribution in [0.15, 0.2) is 39.7 Å². The number of nitrogens with zero attached hydrogens (tertiary/aromatic N) is 1. The van der Waals surface area contributed by atoms with Crippen LogP contribution in [0.4, 0.5) is 10.1 Å². The first-order valence-corrected chi connectivity index (χ1v) is 11.6. The Hall–Kier alpha value is -2.72. The van der Waals surface area contributed by atoms with Gasteiger partial charge in [0.05, 0.1) is 21.7 Å². The molecule has 0 spiro atoms. The minimum absolute atomic E-state index is 0.0180. The van der Waals surface area contributed by atoms with Gasteiger partial charge in [0.15, 0.2) is 0 Å². The SMILES string of the molecule is O=C(CN1C(=O)[C@@H]2[C@H]3C[C@H](C4=Cc5sc(=O)[nH]c5S[C@H]43)[C@@H]2C1=O)Nc1ccc(F)cc1. The molecule has 0 unspecified atom stereocenters. The Bertz CT molecular complexity index is 1230. The van der Waals surface area contributed by atoms with Crippen LogP contribution in [0.2, 0.25) is 0 Å². The number of rotatable bonds is 3. The number of thiazole rings is 1. The van der Waals surface area contributed by atoms with Crippen molar-refractivity contribution in [3.63, 3.8) is 0 Å². The van der Waals surface area contributed by atoms with E-state index in [9.17, 15) is 23.6 Å². The molecule has 2 bridgehead atoms. The number of fused-ring (bicyclic) bond motifs is 9. The summed E-state index contributed by atoms with van der Waals surface area (Å²) in [5.41, 5.74) is 1.54. The number of nitrogens with one attached hydrogen (secondary N) is 2. The molecule has 1 aromatic heterocycles. The summed E-state index contributed by atoms with van der Waals surface area (Å²) in [7, 11) is 0. The highest BCUT2D eigenvalue weighted by Crippen LogP contribution is 2.64. The van der Waals surface area contributed by atoms with Gasteiger partial charge in [0, 0.05) is 10.9 Å². The van der Waals surface area contributed by atoms with Crippen LogP contribution in [0.5, 0.6) is 0 Å². The number of likely N-dealkylation sites (tertiary alicyclic amines) is 1. The second-order valence-electron chi connectivity index (χ2n) is 8.27. The molecule has 10 heteroatoms. The van der Waals surface area contributed by atoms with Gasteiger partial charge in [0.2, 0.25) is 17.7 Å². The van der Waals surface area contributed by atoms with E-state index in [1.807, 2.05) is 6.08 Å². The Morgan fingerprint density at radius 1 is 1.16 bits per heavy atom. The molecule has 2 aromatic rings. The highest BCUT2D eigenvalue weighted by Gasteiger charge is 2.66. The van der Waals surface area contributed by atoms with Crippen molar-refractivity contribution < 1.29 is 18.8 Å². The molecule has 2 N–H and O–H groups in total. The lowest BCUT2D eigenvalue weighted by molar-refractivity contribution is -0.143. The summed E-state index contributed by atoms with van der Waals surface area (Å²) in [6.45, 7) is -0.348. The van der Waals surface area contributed by atoms with E-state index in [1.165, 1.54) is 24.3 Å². The Morgan fingerprint density at radius 2 is 1.90 bits per heavy atom. The number of benzene rings is 1. The minimum Gasteiger partial charge on any atom is -0.325 e. The van der Waals surface area contributed by atoms with Gasteiger partial charge in [-0.15, -0.1) is 0 Å². The van der Waals surface area contributed by atoms with Crippen molar-refractivity contribution in [3.05, 3.63) is 50.2 Å². The van der Waals surface area contributed by atoms with E-state index in [-0.39, 0.29) is 40.3 Å². The number of hydrogen-bond acceptors (Lipinski definition) is 6. The van der Waals surface area contributed by atoms with Gasteiger partial charge in [-0.05, 0) is 48.6 Å². The van der Waals surface area contributed by atoms with Crippen LogP contribution in [0.25, 0.3) is 6.08 Å². The molecule has 7 nitrogen and oxygen atoms in total. The first-order valence-electron chi connectivity index (χ1n) is 9.92. The number of carbonyl (C=O) groups excluding carboxylic acids is 3. The number of halogens is 1. The molecule has 2 aliphatic heterocycles. The number of aromatic amines is 1. The third-order valence-electron chi connectivity index (χ3n) is 6.67. The Morgan fingerprint density at radius 3 is 2.68 bits per heavy atom. The summed E-state index contributed by atoms with van der Waals surface area (Å²) in [6.07, 6.45) is 2.80. The summed E-state index contributed by atoms with van der Waals surface area (Å²) in [5.74, 6) is -2.36. The summed E-state index contributed by atoms with van der Waals surface area (Å²) < 4.78 is 13.0. The predicted molar refractivity (Wildman–Crippen MR) is 113 cm³/mol. The first-order chi connectivity index (χ1) is 14.9. The molecule has 4 aliphatic rings. The maximum absolute atomic E-state index is 13.1. The maximum Gasteiger partial charge on any atom is 0.305 e. The van der Waals surface area contributed by atoms with Gasteiger partial charge in [-0.1, -0.05) is 28.7 Å². The molecule has 2 saturated carbocycles. The number of hydrogen-bond donors (Lipinski definition) is 2. The molecule has 6 rings (SSSR count). The smallest absolute Gasteiger partial charge is 0.305 e. The maximum atomic E-state index is 13.1. The van der Waals surface area contributed by atoms with Gasteiger partial charge in [0.1, 0.15) is 12.4 Å². The molecule has 2 aliphatic carbocycles. The van der Waals surface area contributed by atoms with Gasteiger partial charge in [0.25, 0.3) is 0 Å². The molecule has 31 heavy (non-hydrogen) atoms. The van der Waals surface area contributed by atoms with E-state index < -0.39 is 23.6 Å². The van der Waals surface area contributed by atoms with Crippen molar-refractivity contribution in [2.45, 2.75) is 16.7 Å². The van der Waals surface area contributed by atoms with E-state index >= 15 is 0 Å². The number of imide groups is 1. The Balaban J connectivity index is 1.23. The van der Waals surface area contributed by atoms with Gasteiger partial charge in [-0.3, -0.25) is 24.1 Å². The van der Waals surface area contributed by atoms with E-state index in [2.05, 4.69) is 10.3 Å². The zero-order valence-corrected chi connectivity index (χ0v) is 17.6. The van der Waals surface area contributed by atoms with Crippen molar-refractivity contribution in [1.29, 1.82) is 0 Å². The highest BCUT2D eigenvalue weighted by atomic mass is 32.2. The van der Waals surface area contributed by atoms with Crippen LogP contribution in [0.1, 0.15) is 11.3 Å². The number of amides is 3. The van der Waals surface area contributed by atoms with Crippen molar-refractivity contribution in [1.82, 2.24) is 9.88 Å². The molecule has 1 aromatic carbocycles. The fourth-order valence-electron chi connectivity index (χ4n) is 5.51. The molecule has 5 atom stereocenters. The van der Waals surface area contributed by atoms with E-state index in [0.29, 0.717) is 5.69 Å². The zero-order valence-electron chi connectivity index (χ0n) is 16.0. The Labute approximate surface area is 183 Å². The van der Waals surface area contributed by atoms with E-state index in [0.717, 1.165) is 38.1 Å². The fraction of sp³-hybridized carbons (Fsp3) is 0.333. The zero-order chi connectivity index (χ0) is 21.4. The van der Waals surface area contributed by atoms with Crippen molar-refractivity contribution in [2.24, 2.45) is 23.7 Å². The summed E-state index contributed by atoms with van der Waals surface area (Å²) in [4.78, 5) is 55.1. The van der Waals surface area contributed by atoms with Crippen LogP contribution in [0.3, 0.4) is 0 Å². The number of thioether (sulfide) groups is 1. The van der Waals surface area contributed by atoms with Crippen LogP contribution < -0.4 is 10.2 Å². The lowest BCUT2D eigenvalue weighted by atomic mass is 9.77. The number of carbonyl (C=O) groups is 3. The quantitative estimate of drug-likeness (QED) is 0.690. The molecule has 3 fully saturated rings. The molecule has 3 heterocycles. The van der Waals surface area contributed by atoms with Crippen LogP contribution in [-0.2, 0) is 14.4 Å². The largest absolute Gasteiger partial charge is 0.325 e. The summed E-state index contributed by atoms with van der Waals surface area (Å²) in [5, 5.41) is 3.52. The number of anilines is 1. The molecule has 0 radical (unpaired) electrons. The monoisotopic (exact) mass is 457 g/mol. The molecular formula is C21H16FN3O4S2. The van der Waals surface area contributed by atoms with E-state index in [1.54, 1.807) is 11.8 Å². The molecule has 1 saturated heterocycles. The first kappa shape index (κ1) is 19.0. The lowest BCUT2D eigenvalue weighted by Gasteiger charge is -2.32. The van der Waals surface area contributed by atoms with Gasteiger partial charge in [-0.2, -0.15) is 0 Å². The van der Waals surface area contributed by atoms with Gasteiger partial charge < -0.3 is 10.3 Å². The van der Waals surface area contributed by atoms with E-state index in [4.69, 9.17) is 0 Å². The molecule has 3 amide bonds. The second-order valence-corrected chi connectivity index (χ2v) is 10.4. The third kappa shape index (κ3) is 2.77. The average Bonchev–Trinajstić information content (AvgIpc) is 3.45. The van der Waals surface area contributed by atoms with Crippen molar-refractivity contribution >= 4 is 52.6 Å². The molecular weight excluding hydrogens is 441 g/mol. The number of aromatic nitrogens is 1. The highest BCUT2D eigenvalue weighted by molar-refractivity contribution is 8.00. The fourth-order valence-corrected chi connectivity index (χ4v) is 7.95. The van der Waals surface area contributed by atoms with Gasteiger partial charge >= 0.3 is 4.87 Å². The van der Waals surface area contributed by atoms with Crippen LogP contribution in [-0.4, -0.2) is 39.4 Å². The summed E-state index contributed by atoms with van der Waals surface area (Å²) >= 11 is 2.73. The number of H-pyrrole nitrogens is 1. The minimum atomic E-state index is -0.494. The lowest BCUT2D eigenvalue weighted by Crippen LogP contribution is -2.39. The van der Waals surface area contributed by atoms with Crippen LogP contribution in [0, 0.1) is 29.5 Å². The average molecular weight is 458 g/mol. The standard InChI is InChI=1S/C21H16FN3O4S2/c22-8-1-3-9(4-2-8)23-14(26)7-25-19(27)15-10-5-12(16(15)20(25)28)17-11(10)6-13-18(31-17)24-21(29)30-13/h1-4,6,10,12,15-17H,5,7H2,(H,23,26)(H,24,29)/t10-,12-,15+,16-,17-/m1/s1.